The van der Waals surface area contributed by atoms with Crippen molar-refractivity contribution in [3.05, 3.63) is 12.7 Å². The molecule has 0 amide bonds. The maximum atomic E-state index is 3.95. The third-order valence-electron chi connectivity index (χ3n) is 3.55. The van der Waals surface area contributed by atoms with Crippen LogP contribution in [-0.2, 0) is 0 Å². The van der Waals surface area contributed by atoms with Gasteiger partial charge in [-0.1, -0.05) is 13.0 Å². The van der Waals surface area contributed by atoms with E-state index in [0.29, 0.717) is 5.41 Å². The number of hydrogen-bond acceptors (Lipinski definition) is 1. The molecule has 11 heavy (non-hydrogen) atoms. The molecule has 2 bridgehead atoms. The summed E-state index contributed by atoms with van der Waals surface area (Å²) in [6.07, 6.45) is 4.95. The molecule has 0 aromatic heterocycles. The molecule has 3 aliphatic rings. The van der Waals surface area contributed by atoms with Crippen LogP contribution in [0.4, 0.5) is 0 Å². The largest absolute Gasteiger partial charge is 0.302 e. The minimum atomic E-state index is 0.427. The van der Waals surface area contributed by atoms with Gasteiger partial charge in [0.1, 0.15) is 0 Å². The first-order valence-corrected chi connectivity index (χ1v) is 4.60. The summed E-state index contributed by atoms with van der Waals surface area (Å²) < 4.78 is 0. The fraction of sp³-hybridized carbons (Fsp3) is 0.800. The van der Waals surface area contributed by atoms with Gasteiger partial charge in [0.05, 0.1) is 0 Å². The monoisotopic (exact) mass is 151 g/mol. The van der Waals surface area contributed by atoms with Crippen LogP contribution in [0.15, 0.2) is 12.7 Å². The summed E-state index contributed by atoms with van der Waals surface area (Å²) in [5.74, 6) is 0.921. The van der Waals surface area contributed by atoms with E-state index in [1.54, 1.807) is 0 Å². The minimum Gasteiger partial charge on any atom is -0.302 e. The maximum Gasteiger partial charge on any atom is 0.00726 e. The summed E-state index contributed by atoms with van der Waals surface area (Å²) >= 11 is 0. The Morgan fingerprint density at radius 3 is 2.36 bits per heavy atom. The highest BCUT2D eigenvalue weighted by Gasteiger charge is 2.40. The molecule has 0 N–H and O–H groups in total. The molecule has 3 saturated heterocycles. The molecule has 3 aliphatic heterocycles. The van der Waals surface area contributed by atoms with Crippen molar-refractivity contribution >= 4 is 0 Å². The Kier molecular flexibility index (Phi) is 1.57. The van der Waals surface area contributed by atoms with Crippen molar-refractivity contribution in [2.24, 2.45) is 11.3 Å². The van der Waals surface area contributed by atoms with Gasteiger partial charge in [-0.3, -0.25) is 0 Å². The molecule has 0 spiro atoms. The van der Waals surface area contributed by atoms with Crippen molar-refractivity contribution in [1.29, 1.82) is 0 Å². The van der Waals surface area contributed by atoms with Crippen LogP contribution in [-0.4, -0.2) is 24.5 Å². The minimum absolute atomic E-state index is 0.427. The van der Waals surface area contributed by atoms with E-state index < -0.39 is 0 Å². The molecule has 1 atom stereocenters. The first-order valence-electron chi connectivity index (χ1n) is 4.60. The lowest BCUT2D eigenvalue weighted by Gasteiger charge is -2.50. The highest BCUT2D eigenvalue weighted by Crippen LogP contribution is 2.42. The molecule has 0 saturated carbocycles. The van der Waals surface area contributed by atoms with E-state index in [0.717, 1.165) is 5.92 Å². The Hall–Kier alpha value is -0.300. The Balaban J connectivity index is 2.19. The molecule has 0 aromatic carbocycles. The molecule has 0 aromatic rings. The second-order valence-corrected chi connectivity index (χ2v) is 4.26. The topological polar surface area (TPSA) is 3.24 Å². The van der Waals surface area contributed by atoms with E-state index in [-0.39, 0.29) is 0 Å². The van der Waals surface area contributed by atoms with Crippen molar-refractivity contribution < 1.29 is 0 Å². The fourth-order valence-corrected chi connectivity index (χ4v) is 2.59. The predicted molar refractivity (Wildman–Crippen MR) is 47.5 cm³/mol. The number of hydrogen-bond donors (Lipinski definition) is 0. The standard InChI is InChI=1S/C10H17N/c1-3-10(2)8-11-6-4-9(10)5-7-11/h3,9H,1,4-8H2,2H3. The normalized spacial score (nSPS) is 49.2. The van der Waals surface area contributed by atoms with Gasteiger partial charge in [0.25, 0.3) is 0 Å². The summed E-state index contributed by atoms with van der Waals surface area (Å²) in [7, 11) is 0. The third kappa shape index (κ3) is 1.02. The molecule has 3 rings (SSSR count). The first kappa shape index (κ1) is 7.35. The van der Waals surface area contributed by atoms with Crippen molar-refractivity contribution in [2.75, 3.05) is 19.6 Å². The molecule has 1 unspecified atom stereocenters. The highest BCUT2D eigenvalue weighted by molar-refractivity contribution is 5.04. The van der Waals surface area contributed by atoms with E-state index in [2.05, 4.69) is 24.5 Å². The van der Waals surface area contributed by atoms with Gasteiger partial charge in [0.15, 0.2) is 0 Å². The van der Waals surface area contributed by atoms with Crippen LogP contribution in [0.1, 0.15) is 19.8 Å². The third-order valence-corrected chi connectivity index (χ3v) is 3.55. The molecule has 3 heterocycles. The number of rotatable bonds is 1. The number of nitrogens with zero attached hydrogens (tertiary/aromatic N) is 1. The Bertz CT molecular complexity index is 168. The molecule has 1 nitrogen and oxygen atoms in total. The van der Waals surface area contributed by atoms with Crippen LogP contribution < -0.4 is 0 Å². The molecule has 0 aliphatic carbocycles. The van der Waals surface area contributed by atoms with E-state index in [9.17, 15) is 0 Å². The van der Waals surface area contributed by atoms with Gasteiger partial charge in [0.2, 0.25) is 0 Å². The second-order valence-electron chi connectivity index (χ2n) is 4.26. The predicted octanol–water partition coefficient (Wildman–Crippen LogP) is 1.90. The van der Waals surface area contributed by atoms with Crippen LogP contribution >= 0.6 is 0 Å². The zero-order chi connectivity index (χ0) is 7.90. The van der Waals surface area contributed by atoms with Crippen molar-refractivity contribution in [3.8, 4) is 0 Å². The van der Waals surface area contributed by atoms with E-state index in [1.165, 1.54) is 32.5 Å². The van der Waals surface area contributed by atoms with Crippen molar-refractivity contribution in [3.63, 3.8) is 0 Å². The zero-order valence-corrected chi connectivity index (χ0v) is 7.34. The van der Waals surface area contributed by atoms with E-state index >= 15 is 0 Å². The zero-order valence-electron chi connectivity index (χ0n) is 7.34. The van der Waals surface area contributed by atoms with E-state index in [4.69, 9.17) is 0 Å². The number of fused-ring (bicyclic) bond motifs is 3. The van der Waals surface area contributed by atoms with Crippen LogP contribution in [0.3, 0.4) is 0 Å². The lowest BCUT2D eigenvalue weighted by molar-refractivity contribution is 0.0146. The summed E-state index contributed by atoms with van der Waals surface area (Å²) in [5, 5.41) is 0. The average Bonchev–Trinajstić information content (AvgIpc) is 2.06. The quantitative estimate of drug-likeness (QED) is 0.517. The maximum absolute atomic E-state index is 3.95. The molecular weight excluding hydrogens is 134 g/mol. The molecular formula is C10H17N. The summed E-state index contributed by atoms with van der Waals surface area (Å²) in [5.41, 5.74) is 0.427. The van der Waals surface area contributed by atoms with Gasteiger partial charge >= 0.3 is 0 Å². The van der Waals surface area contributed by atoms with Crippen LogP contribution in [0.2, 0.25) is 0 Å². The van der Waals surface area contributed by atoms with Crippen molar-refractivity contribution in [1.82, 2.24) is 4.90 Å². The van der Waals surface area contributed by atoms with Crippen LogP contribution in [0, 0.1) is 11.3 Å². The Morgan fingerprint density at radius 2 is 2.09 bits per heavy atom. The summed E-state index contributed by atoms with van der Waals surface area (Å²) in [6, 6.07) is 0. The smallest absolute Gasteiger partial charge is 0.00726 e. The SMILES string of the molecule is C=CC1(C)CN2CCC1CC2. The first-order chi connectivity index (χ1) is 5.24. The van der Waals surface area contributed by atoms with Gasteiger partial charge in [-0.2, -0.15) is 0 Å². The highest BCUT2D eigenvalue weighted by atomic mass is 15.2. The van der Waals surface area contributed by atoms with Crippen LogP contribution in [0.5, 0.6) is 0 Å². The lowest BCUT2D eigenvalue weighted by Crippen LogP contribution is -2.52. The van der Waals surface area contributed by atoms with Crippen molar-refractivity contribution in [2.45, 2.75) is 19.8 Å². The molecule has 62 valence electrons. The Morgan fingerprint density at radius 1 is 1.45 bits per heavy atom. The second kappa shape index (κ2) is 2.34. The van der Waals surface area contributed by atoms with Crippen LogP contribution in [0.25, 0.3) is 0 Å². The molecule has 0 radical (unpaired) electrons. The van der Waals surface area contributed by atoms with Gasteiger partial charge in [-0.15, -0.1) is 6.58 Å². The summed E-state index contributed by atoms with van der Waals surface area (Å²) in [6.45, 7) is 10.2. The van der Waals surface area contributed by atoms with Gasteiger partial charge in [0, 0.05) is 12.0 Å². The average molecular weight is 151 g/mol. The van der Waals surface area contributed by atoms with Gasteiger partial charge in [-0.05, 0) is 31.8 Å². The number of piperidine rings is 3. The molecule has 3 fully saturated rings. The van der Waals surface area contributed by atoms with Gasteiger partial charge < -0.3 is 4.90 Å². The lowest BCUT2D eigenvalue weighted by atomic mass is 9.68. The molecule has 1 heteroatoms. The van der Waals surface area contributed by atoms with Gasteiger partial charge in [-0.25, -0.2) is 0 Å². The fourth-order valence-electron chi connectivity index (χ4n) is 2.59. The van der Waals surface area contributed by atoms with E-state index in [1.807, 2.05) is 0 Å². The summed E-state index contributed by atoms with van der Waals surface area (Å²) in [4.78, 5) is 2.57. The Labute approximate surface area is 69.1 Å².